The lowest BCUT2D eigenvalue weighted by atomic mass is 10.4. The molecular weight excluding hydrogens is 158 g/mol. The first-order valence-electron chi connectivity index (χ1n) is 4.22. The van der Waals surface area contributed by atoms with Crippen molar-refractivity contribution < 1.29 is 14.6 Å². The van der Waals surface area contributed by atoms with Crippen LogP contribution in [0.1, 0.15) is 19.3 Å². The Labute approximate surface area is 72.1 Å². The van der Waals surface area contributed by atoms with Gasteiger partial charge in [0.1, 0.15) is 0 Å². The monoisotopic (exact) mass is 173 g/mol. The Morgan fingerprint density at radius 1 is 1.75 bits per heavy atom. The minimum atomic E-state index is -0.738. The molecule has 12 heavy (non-hydrogen) atoms. The lowest BCUT2D eigenvalue weighted by Crippen LogP contribution is -2.28. The highest BCUT2D eigenvalue weighted by Gasteiger charge is 2.20. The summed E-state index contributed by atoms with van der Waals surface area (Å²) in [6, 6.07) is 0. The second kappa shape index (κ2) is 4.42. The highest BCUT2D eigenvalue weighted by Crippen LogP contribution is 2.10. The van der Waals surface area contributed by atoms with Crippen LogP contribution in [0.5, 0.6) is 0 Å². The minimum absolute atomic E-state index is 0.193. The lowest BCUT2D eigenvalue weighted by Gasteiger charge is -2.16. The van der Waals surface area contributed by atoms with Gasteiger partial charge in [-0.3, -0.25) is 4.79 Å². The van der Waals surface area contributed by atoms with Crippen LogP contribution in [-0.2, 0) is 9.53 Å². The van der Waals surface area contributed by atoms with Crippen LogP contribution >= 0.6 is 0 Å². The van der Waals surface area contributed by atoms with Gasteiger partial charge in [0.05, 0.1) is 0 Å². The number of carbonyl (C=O) groups excluding carboxylic acids is 1. The smallest absolute Gasteiger partial charge is 0.222 e. The molecule has 1 atom stereocenters. The molecular formula is C8H15NO3. The van der Waals surface area contributed by atoms with E-state index in [-0.39, 0.29) is 5.91 Å². The number of nitrogens with zero attached hydrogens (tertiary/aromatic N) is 1. The Bertz CT molecular complexity index is 160. The van der Waals surface area contributed by atoms with Gasteiger partial charge in [-0.15, -0.1) is 0 Å². The van der Waals surface area contributed by atoms with Crippen molar-refractivity contribution in [2.75, 3.05) is 20.2 Å². The summed E-state index contributed by atoms with van der Waals surface area (Å²) in [5.74, 6) is 0.193. The number of ether oxygens (including phenoxy) is 1. The molecule has 1 heterocycles. The average molecular weight is 173 g/mol. The molecule has 0 spiro atoms. The van der Waals surface area contributed by atoms with Crippen molar-refractivity contribution in [1.29, 1.82) is 0 Å². The molecule has 0 radical (unpaired) electrons. The van der Waals surface area contributed by atoms with E-state index in [4.69, 9.17) is 5.11 Å². The first-order chi connectivity index (χ1) is 5.74. The van der Waals surface area contributed by atoms with Crippen LogP contribution in [0.25, 0.3) is 0 Å². The van der Waals surface area contributed by atoms with Crippen LogP contribution in [0.2, 0.25) is 0 Å². The van der Waals surface area contributed by atoms with Gasteiger partial charge in [0, 0.05) is 33.0 Å². The van der Waals surface area contributed by atoms with E-state index in [0.717, 1.165) is 13.0 Å². The molecule has 1 N–H and O–H groups in total. The summed E-state index contributed by atoms with van der Waals surface area (Å²) in [7, 11) is 1.45. The van der Waals surface area contributed by atoms with Crippen molar-refractivity contribution in [2.45, 2.75) is 25.6 Å². The number of likely N-dealkylation sites (tertiary alicyclic amines) is 1. The van der Waals surface area contributed by atoms with E-state index in [1.807, 2.05) is 0 Å². The number of aliphatic hydroxyl groups is 1. The molecule has 0 aliphatic carbocycles. The molecule has 1 aliphatic heterocycles. The van der Waals surface area contributed by atoms with Crippen molar-refractivity contribution in [2.24, 2.45) is 0 Å². The molecule has 0 saturated carbocycles. The highest BCUT2D eigenvalue weighted by atomic mass is 16.6. The molecule has 0 bridgehead atoms. The van der Waals surface area contributed by atoms with Crippen LogP contribution in [0.15, 0.2) is 0 Å². The van der Waals surface area contributed by atoms with Gasteiger partial charge in [-0.25, -0.2) is 0 Å². The SMILES string of the molecule is COC(O)CCN1CCCC1=O. The summed E-state index contributed by atoms with van der Waals surface area (Å²) in [4.78, 5) is 12.8. The summed E-state index contributed by atoms with van der Waals surface area (Å²) < 4.78 is 4.66. The van der Waals surface area contributed by atoms with Gasteiger partial charge in [-0.05, 0) is 6.42 Å². The molecule has 0 aromatic rings. The molecule has 1 rings (SSSR count). The van der Waals surface area contributed by atoms with E-state index in [1.54, 1.807) is 4.90 Å². The van der Waals surface area contributed by atoms with Crippen molar-refractivity contribution in [3.8, 4) is 0 Å². The van der Waals surface area contributed by atoms with E-state index in [1.165, 1.54) is 7.11 Å². The van der Waals surface area contributed by atoms with Crippen molar-refractivity contribution in [1.82, 2.24) is 4.90 Å². The third-order valence-electron chi connectivity index (χ3n) is 2.09. The van der Waals surface area contributed by atoms with E-state index >= 15 is 0 Å². The first kappa shape index (κ1) is 9.48. The average Bonchev–Trinajstić information content (AvgIpc) is 2.47. The fourth-order valence-corrected chi connectivity index (χ4v) is 1.32. The molecule has 4 nitrogen and oxygen atoms in total. The van der Waals surface area contributed by atoms with Crippen LogP contribution in [-0.4, -0.2) is 42.4 Å². The molecule has 1 amide bonds. The van der Waals surface area contributed by atoms with Gasteiger partial charge in [0.15, 0.2) is 6.29 Å². The predicted molar refractivity (Wildman–Crippen MR) is 43.4 cm³/mol. The van der Waals surface area contributed by atoms with E-state index in [2.05, 4.69) is 4.74 Å². The largest absolute Gasteiger partial charge is 0.368 e. The molecule has 0 aromatic heterocycles. The van der Waals surface area contributed by atoms with Crippen molar-refractivity contribution >= 4 is 5.91 Å². The maximum atomic E-state index is 11.1. The molecule has 0 aromatic carbocycles. The predicted octanol–water partition coefficient (Wildman–Crippen LogP) is -0.0363. The molecule has 1 saturated heterocycles. The topological polar surface area (TPSA) is 49.8 Å². The zero-order valence-corrected chi connectivity index (χ0v) is 7.32. The molecule has 1 aliphatic rings. The van der Waals surface area contributed by atoms with E-state index in [0.29, 0.717) is 19.4 Å². The standard InChI is InChI=1S/C8H15NO3/c1-12-8(11)4-6-9-5-2-3-7(9)10/h8,11H,2-6H2,1H3. The van der Waals surface area contributed by atoms with Crippen LogP contribution in [0, 0.1) is 0 Å². The third-order valence-corrected chi connectivity index (χ3v) is 2.09. The zero-order chi connectivity index (χ0) is 8.97. The van der Waals surface area contributed by atoms with Crippen LogP contribution in [0.4, 0.5) is 0 Å². The Balaban J connectivity index is 2.18. The zero-order valence-electron chi connectivity index (χ0n) is 7.32. The van der Waals surface area contributed by atoms with Crippen molar-refractivity contribution in [3.05, 3.63) is 0 Å². The fourth-order valence-electron chi connectivity index (χ4n) is 1.32. The van der Waals surface area contributed by atoms with Gasteiger partial charge in [-0.2, -0.15) is 0 Å². The normalized spacial score (nSPS) is 20.2. The Hall–Kier alpha value is -0.610. The number of carbonyl (C=O) groups is 1. The summed E-state index contributed by atoms with van der Waals surface area (Å²) >= 11 is 0. The quantitative estimate of drug-likeness (QED) is 0.607. The van der Waals surface area contributed by atoms with E-state index < -0.39 is 6.29 Å². The van der Waals surface area contributed by atoms with Gasteiger partial charge in [0.2, 0.25) is 5.91 Å². The first-order valence-corrected chi connectivity index (χ1v) is 4.22. The fraction of sp³-hybridized carbons (Fsp3) is 0.875. The lowest BCUT2D eigenvalue weighted by molar-refractivity contribution is -0.129. The molecule has 1 unspecified atom stereocenters. The highest BCUT2D eigenvalue weighted by molar-refractivity contribution is 5.77. The Morgan fingerprint density at radius 2 is 2.50 bits per heavy atom. The number of hydrogen-bond donors (Lipinski definition) is 1. The van der Waals surface area contributed by atoms with Crippen LogP contribution in [0.3, 0.4) is 0 Å². The van der Waals surface area contributed by atoms with E-state index in [9.17, 15) is 4.79 Å². The summed E-state index contributed by atoms with van der Waals surface area (Å²) in [5, 5.41) is 9.04. The Morgan fingerprint density at radius 3 is 3.00 bits per heavy atom. The number of aliphatic hydroxyl groups excluding tert-OH is 1. The maximum Gasteiger partial charge on any atom is 0.222 e. The van der Waals surface area contributed by atoms with Gasteiger partial charge >= 0.3 is 0 Å². The number of amides is 1. The van der Waals surface area contributed by atoms with Gasteiger partial charge < -0.3 is 14.7 Å². The third kappa shape index (κ3) is 2.46. The Kier molecular flexibility index (Phi) is 3.49. The second-order valence-electron chi connectivity index (χ2n) is 2.96. The summed E-state index contributed by atoms with van der Waals surface area (Å²) in [6.07, 6.45) is 1.37. The minimum Gasteiger partial charge on any atom is -0.368 e. The molecule has 70 valence electrons. The summed E-state index contributed by atoms with van der Waals surface area (Å²) in [5.41, 5.74) is 0. The maximum absolute atomic E-state index is 11.1. The molecule has 1 fully saturated rings. The number of rotatable bonds is 4. The number of hydrogen-bond acceptors (Lipinski definition) is 3. The number of methoxy groups -OCH3 is 1. The van der Waals surface area contributed by atoms with Gasteiger partial charge in [-0.1, -0.05) is 0 Å². The second-order valence-corrected chi connectivity index (χ2v) is 2.96. The van der Waals surface area contributed by atoms with Gasteiger partial charge in [0.25, 0.3) is 0 Å². The van der Waals surface area contributed by atoms with Crippen LogP contribution < -0.4 is 0 Å². The summed E-state index contributed by atoms with van der Waals surface area (Å²) in [6.45, 7) is 1.43. The van der Waals surface area contributed by atoms with Crippen molar-refractivity contribution in [3.63, 3.8) is 0 Å². The molecule has 4 heteroatoms.